The van der Waals surface area contributed by atoms with Crippen LogP contribution in [-0.2, 0) is 11.2 Å². The molecule has 84 valence electrons. The Morgan fingerprint density at radius 2 is 2.20 bits per heavy atom. The second kappa shape index (κ2) is 7.51. The number of benzene rings is 1. The minimum Gasteiger partial charge on any atom is -0.355 e. The minimum absolute atomic E-state index is 0. The third-order valence-electron chi connectivity index (χ3n) is 1.72. The lowest BCUT2D eigenvalue weighted by molar-refractivity contribution is -0.120. The molecule has 0 atom stereocenters. The lowest BCUT2D eigenvalue weighted by Crippen LogP contribution is -2.30. The molecule has 5 heteroatoms. The van der Waals surface area contributed by atoms with Crippen molar-refractivity contribution < 1.29 is 4.79 Å². The Bertz CT molecular complexity index is 318. The molecule has 1 amide bonds. The zero-order valence-electron chi connectivity index (χ0n) is 8.20. The van der Waals surface area contributed by atoms with Crippen molar-refractivity contribution in [3.05, 3.63) is 34.9 Å². The van der Waals surface area contributed by atoms with Crippen LogP contribution in [0.2, 0.25) is 5.02 Å². The largest absolute Gasteiger partial charge is 0.355 e. The Hall–Kier alpha value is -0.770. The van der Waals surface area contributed by atoms with Crippen molar-refractivity contribution in [2.45, 2.75) is 6.42 Å². The fraction of sp³-hybridized carbons (Fsp3) is 0.300. The number of nitrogens with one attached hydrogen (secondary N) is 1. The summed E-state index contributed by atoms with van der Waals surface area (Å²) in [5.41, 5.74) is 6.17. The first-order valence-electron chi connectivity index (χ1n) is 4.43. The fourth-order valence-electron chi connectivity index (χ4n) is 1.11. The molecule has 1 rings (SSSR count). The van der Waals surface area contributed by atoms with Gasteiger partial charge in [-0.05, 0) is 17.7 Å². The molecule has 3 N–H and O–H groups in total. The van der Waals surface area contributed by atoms with Gasteiger partial charge in [0, 0.05) is 18.1 Å². The number of nitrogens with two attached hydrogens (primary N) is 1. The van der Waals surface area contributed by atoms with Gasteiger partial charge in [0.2, 0.25) is 5.91 Å². The van der Waals surface area contributed by atoms with Crippen LogP contribution in [0, 0.1) is 0 Å². The Morgan fingerprint density at radius 3 is 2.80 bits per heavy atom. The van der Waals surface area contributed by atoms with Crippen molar-refractivity contribution in [1.29, 1.82) is 0 Å². The highest BCUT2D eigenvalue weighted by Gasteiger charge is 2.02. The highest BCUT2D eigenvalue weighted by atomic mass is 35.5. The van der Waals surface area contributed by atoms with Gasteiger partial charge in [-0.25, -0.2) is 0 Å². The van der Waals surface area contributed by atoms with Crippen LogP contribution in [0.4, 0.5) is 0 Å². The number of hydrogen-bond acceptors (Lipinski definition) is 2. The highest BCUT2D eigenvalue weighted by molar-refractivity contribution is 6.30. The summed E-state index contributed by atoms with van der Waals surface area (Å²) in [7, 11) is 0. The van der Waals surface area contributed by atoms with Crippen LogP contribution < -0.4 is 11.1 Å². The zero-order valence-corrected chi connectivity index (χ0v) is 9.77. The molecule has 0 radical (unpaired) electrons. The maximum Gasteiger partial charge on any atom is 0.224 e. The van der Waals surface area contributed by atoms with Crippen molar-refractivity contribution >= 4 is 29.9 Å². The van der Waals surface area contributed by atoms with E-state index >= 15 is 0 Å². The average molecular weight is 249 g/mol. The lowest BCUT2D eigenvalue weighted by atomic mass is 10.1. The summed E-state index contributed by atoms with van der Waals surface area (Å²) >= 11 is 5.78. The van der Waals surface area contributed by atoms with E-state index in [2.05, 4.69) is 5.32 Å². The van der Waals surface area contributed by atoms with Gasteiger partial charge in [-0.15, -0.1) is 12.4 Å². The number of amides is 1. The summed E-state index contributed by atoms with van der Waals surface area (Å²) in [4.78, 5) is 11.3. The molecule has 1 aromatic carbocycles. The number of halogens is 2. The maximum absolute atomic E-state index is 11.3. The standard InChI is InChI=1S/C10H13ClN2O.ClH/c11-9-3-1-2-8(6-9)7-10(14)13-5-4-12;/h1-3,6H,4-5,7,12H2,(H,13,14);1H. The molecule has 15 heavy (non-hydrogen) atoms. The molecular formula is C10H14Cl2N2O. The second-order valence-electron chi connectivity index (χ2n) is 2.95. The third-order valence-corrected chi connectivity index (χ3v) is 1.96. The molecule has 0 aromatic heterocycles. The van der Waals surface area contributed by atoms with Gasteiger partial charge in [0.15, 0.2) is 0 Å². The van der Waals surface area contributed by atoms with Crippen LogP contribution in [0.3, 0.4) is 0 Å². The van der Waals surface area contributed by atoms with Crippen molar-refractivity contribution in [2.75, 3.05) is 13.1 Å². The molecule has 0 unspecified atom stereocenters. The van der Waals surface area contributed by atoms with Crippen LogP contribution in [-0.4, -0.2) is 19.0 Å². The molecule has 1 aromatic rings. The predicted molar refractivity (Wildman–Crippen MR) is 64.5 cm³/mol. The van der Waals surface area contributed by atoms with E-state index < -0.39 is 0 Å². The van der Waals surface area contributed by atoms with E-state index in [4.69, 9.17) is 17.3 Å². The zero-order chi connectivity index (χ0) is 10.4. The van der Waals surface area contributed by atoms with Crippen molar-refractivity contribution in [3.8, 4) is 0 Å². The Kier molecular flexibility index (Phi) is 7.13. The molecule has 0 aliphatic carbocycles. The summed E-state index contributed by atoms with van der Waals surface area (Å²) < 4.78 is 0. The maximum atomic E-state index is 11.3. The first-order valence-corrected chi connectivity index (χ1v) is 4.81. The number of carbonyl (C=O) groups excluding carboxylic acids is 1. The second-order valence-corrected chi connectivity index (χ2v) is 3.38. The quantitative estimate of drug-likeness (QED) is 0.846. The molecule has 0 spiro atoms. The SMILES string of the molecule is Cl.NCCNC(=O)Cc1cccc(Cl)c1. The minimum atomic E-state index is -0.0299. The molecule has 0 bridgehead atoms. The van der Waals surface area contributed by atoms with Gasteiger partial charge >= 0.3 is 0 Å². The van der Waals surface area contributed by atoms with E-state index in [0.29, 0.717) is 24.5 Å². The molecule has 0 heterocycles. The Labute approximate surface area is 100 Å². The monoisotopic (exact) mass is 248 g/mol. The van der Waals surface area contributed by atoms with Gasteiger partial charge in [-0.1, -0.05) is 23.7 Å². The topological polar surface area (TPSA) is 55.1 Å². The van der Waals surface area contributed by atoms with Gasteiger partial charge in [-0.2, -0.15) is 0 Å². The van der Waals surface area contributed by atoms with E-state index in [1.165, 1.54) is 0 Å². The Morgan fingerprint density at radius 1 is 1.47 bits per heavy atom. The number of hydrogen-bond donors (Lipinski definition) is 2. The average Bonchev–Trinajstić information content (AvgIpc) is 2.15. The Balaban J connectivity index is 0.00000196. The number of carbonyl (C=O) groups is 1. The summed E-state index contributed by atoms with van der Waals surface area (Å²) in [6, 6.07) is 7.26. The first kappa shape index (κ1) is 14.2. The van der Waals surface area contributed by atoms with Gasteiger partial charge in [0.1, 0.15) is 0 Å². The van der Waals surface area contributed by atoms with Crippen LogP contribution in [0.5, 0.6) is 0 Å². The molecule has 0 saturated heterocycles. The number of rotatable bonds is 4. The van der Waals surface area contributed by atoms with E-state index in [1.807, 2.05) is 12.1 Å². The molecule has 0 saturated carbocycles. The molecule has 0 aliphatic rings. The highest BCUT2D eigenvalue weighted by Crippen LogP contribution is 2.10. The third kappa shape index (κ3) is 5.62. The predicted octanol–water partition coefficient (Wildman–Crippen LogP) is 1.38. The summed E-state index contributed by atoms with van der Waals surface area (Å²) in [6.45, 7) is 0.973. The van der Waals surface area contributed by atoms with E-state index in [-0.39, 0.29) is 18.3 Å². The summed E-state index contributed by atoms with van der Waals surface area (Å²) in [5, 5.41) is 3.34. The van der Waals surface area contributed by atoms with Crippen LogP contribution in [0.25, 0.3) is 0 Å². The lowest BCUT2D eigenvalue weighted by Gasteiger charge is -2.03. The van der Waals surface area contributed by atoms with Crippen molar-refractivity contribution in [2.24, 2.45) is 5.73 Å². The van der Waals surface area contributed by atoms with Crippen LogP contribution in [0.15, 0.2) is 24.3 Å². The van der Waals surface area contributed by atoms with Crippen molar-refractivity contribution in [1.82, 2.24) is 5.32 Å². The van der Waals surface area contributed by atoms with E-state index in [1.54, 1.807) is 12.1 Å². The summed E-state index contributed by atoms with van der Waals surface area (Å²) in [6.07, 6.45) is 0.348. The van der Waals surface area contributed by atoms with Crippen LogP contribution in [0.1, 0.15) is 5.56 Å². The van der Waals surface area contributed by atoms with Gasteiger partial charge < -0.3 is 11.1 Å². The molecule has 0 aliphatic heterocycles. The molecule has 0 fully saturated rings. The first-order chi connectivity index (χ1) is 6.72. The van der Waals surface area contributed by atoms with Crippen molar-refractivity contribution in [3.63, 3.8) is 0 Å². The van der Waals surface area contributed by atoms with E-state index in [0.717, 1.165) is 5.56 Å². The van der Waals surface area contributed by atoms with Crippen LogP contribution >= 0.6 is 24.0 Å². The van der Waals surface area contributed by atoms with Gasteiger partial charge in [0.25, 0.3) is 0 Å². The van der Waals surface area contributed by atoms with Gasteiger partial charge in [0.05, 0.1) is 6.42 Å². The van der Waals surface area contributed by atoms with E-state index in [9.17, 15) is 4.79 Å². The smallest absolute Gasteiger partial charge is 0.224 e. The summed E-state index contributed by atoms with van der Waals surface area (Å²) in [5.74, 6) is -0.0299. The van der Waals surface area contributed by atoms with Gasteiger partial charge in [-0.3, -0.25) is 4.79 Å². The molecule has 3 nitrogen and oxygen atoms in total. The molecular weight excluding hydrogens is 235 g/mol. The fourth-order valence-corrected chi connectivity index (χ4v) is 1.32. The normalized spacial score (nSPS) is 9.20.